The molecule has 0 aromatic carbocycles. The summed E-state index contributed by atoms with van der Waals surface area (Å²) in [4.78, 5) is 33.3. The highest BCUT2D eigenvalue weighted by Gasteiger charge is 2.18. The van der Waals surface area contributed by atoms with Crippen molar-refractivity contribution in [2.24, 2.45) is 0 Å². The summed E-state index contributed by atoms with van der Waals surface area (Å²) in [5, 5.41) is 12.0. The summed E-state index contributed by atoms with van der Waals surface area (Å²) < 4.78 is 13.6. The smallest absolute Gasteiger partial charge is 0.267 e. The number of pyridine rings is 2. The maximum absolute atomic E-state index is 13.3. The third-order valence-corrected chi connectivity index (χ3v) is 5.93. The van der Waals surface area contributed by atoms with Gasteiger partial charge in [0.25, 0.3) is 11.5 Å². The topological polar surface area (TPSA) is 114 Å². The lowest BCUT2D eigenvalue weighted by Gasteiger charge is -2.26. The quantitative estimate of drug-likeness (QED) is 0.379. The minimum Gasteiger partial charge on any atom is -0.385 e. The zero-order valence-electron chi connectivity index (χ0n) is 19.1. The lowest BCUT2D eigenvalue weighted by atomic mass is 10.2. The summed E-state index contributed by atoms with van der Waals surface area (Å²) in [6, 6.07) is 5.18. The zero-order chi connectivity index (χ0) is 23.4. The first kappa shape index (κ1) is 23.1. The van der Waals surface area contributed by atoms with Gasteiger partial charge in [-0.05, 0) is 31.0 Å². The van der Waals surface area contributed by atoms with Crippen molar-refractivity contribution in [2.45, 2.75) is 19.9 Å². The highest BCUT2D eigenvalue weighted by Crippen LogP contribution is 2.13. The normalized spacial score (nSPS) is 14.7. The average Bonchev–Trinajstić information content (AvgIpc) is 2.82. The predicted octanol–water partition coefficient (Wildman–Crippen LogP) is 0.536. The van der Waals surface area contributed by atoms with E-state index < -0.39 is 0 Å². The molecule has 1 amide bonds. The molecule has 0 bridgehead atoms. The van der Waals surface area contributed by atoms with Crippen molar-refractivity contribution >= 4 is 22.6 Å². The Morgan fingerprint density at radius 3 is 2.82 bits per heavy atom. The fourth-order valence-corrected chi connectivity index (χ4v) is 4.10. The highest BCUT2D eigenvalue weighted by atomic mass is 16.5. The lowest BCUT2D eigenvalue weighted by Crippen LogP contribution is -2.42. The van der Waals surface area contributed by atoms with Gasteiger partial charge in [-0.25, -0.2) is 4.98 Å². The molecule has 176 valence electrons. The van der Waals surface area contributed by atoms with Gasteiger partial charge in [0, 0.05) is 52.6 Å². The Morgan fingerprint density at radius 1 is 1.27 bits per heavy atom. The van der Waals surface area contributed by atoms with E-state index in [1.54, 1.807) is 23.9 Å². The molecule has 4 heterocycles. The maximum Gasteiger partial charge on any atom is 0.267 e. The predicted molar refractivity (Wildman–Crippen MR) is 124 cm³/mol. The number of ether oxygens (including phenoxy) is 2. The number of hydrogen-bond donors (Lipinski definition) is 2. The van der Waals surface area contributed by atoms with Crippen molar-refractivity contribution in [1.82, 2.24) is 24.2 Å². The van der Waals surface area contributed by atoms with Gasteiger partial charge in [0.05, 0.1) is 24.2 Å². The van der Waals surface area contributed by atoms with E-state index in [4.69, 9.17) is 19.9 Å². The molecule has 3 aromatic rings. The summed E-state index contributed by atoms with van der Waals surface area (Å²) >= 11 is 0. The van der Waals surface area contributed by atoms with Crippen LogP contribution in [0.25, 0.3) is 16.7 Å². The van der Waals surface area contributed by atoms with Crippen molar-refractivity contribution < 1.29 is 14.3 Å². The lowest BCUT2D eigenvalue weighted by molar-refractivity contribution is 0.0383. The van der Waals surface area contributed by atoms with Crippen LogP contribution in [0.4, 0.5) is 0 Å². The van der Waals surface area contributed by atoms with E-state index in [-0.39, 0.29) is 22.5 Å². The van der Waals surface area contributed by atoms with Gasteiger partial charge in [-0.1, -0.05) is 6.07 Å². The van der Waals surface area contributed by atoms with Crippen molar-refractivity contribution in [2.75, 3.05) is 53.1 Å². The number of aromatic nitrogens is 3. The molecule has 0 aliphatic carbocycles. The molecule has 1 aliphatic rings. The molecule has 3 aromatic heterocycles. The van der Waals surface area contributed by atoms with Crippen LogP contribution in [0.5, 0.6) is 0 Å². The molecular formula is C23H30N6O4. The van der Waals surface area contributed by atoms with Gasteiger partial charge in [0.1, 0.15) is 16.8 Å². The Hall–Kier alpha value is -3.08. The van der Waals surface area contributed by atoms with Crippen LogP contribution in [0, 0.1) is 12.3 Å². The van der Waals surface area contributed by atoms with E-state index in [9.17, 15) is 9.59 Å². The summed E-state index contributed by atoms with van der Waals surface area (Å²) in [6.45, 7) is 7.02. The standard InChI is InChI=1S/C23H30N6O4/c1-16-5-3-7-29-20(16)26-21-18(23(29)31)15-17(19(24)28(21)8-4-12-32-2)22(30)25-6-9-27-10-13-33-14-11-27/h3,5,7,15,24H,4,6,8-14H2,1-2H3,(H,25,30). The molecule has 0 spiro atoms. The van der Waals surface area contributed by atoms with Crippen LogP contribution in [0.15, 0.2) is 29.2 Å². The van der Waals surface area contributed by atoms with Gasteiger partial charge in [-0.3, -0.25) is 24.3 Å². The Kier molecular flexibility index (Phi) is 7.17. The van der Waals surface area contributed by atoms with Crippen LogP contribution in [0.2, 0.25) is 0 Å². The third-order valence-electron chi connectivity index (χ3n) is 5.93. The van der Waals surface area contributed by atoms with Crippen LogP contribution in [-0.2, 0) is 16.0 Å². The molecule has 4 rings (SSSR count). The molecule has 1 aliphatic heterocycles. The number of nitrogens with zero attached hydrogens (tertiary/aromatic N) is 4. The second-order valence-electron chi connectivity index (χ2n) is 8.15. The number of aryl methyl sites for hydroxylation is 2. The van der Waals surface area contributed by atoms with Gasteiger partial charge < -0.3 is 19.4 Å². The molecule has 33 heavy (non-hydrogen) atoms. The summed E-state index contributed by atoms with van der Waals surface area (Å²) in [5.74, 6) is -0.371. The van der Waals surface area contributed by atoms with Crippen LogP contribution in [0.3, 0.4) is 0 Å². The van der Waals surface area contributed by atoms with E-state index in [2.05, 4.69) is 10.2 Å². The van der Waals surface area contributed by atoms with Crippen molar-refractivity contribution in [3.05, 3.63) is 51.4 Å². The first-order chi connectivity index (χ1) is 16.0. The van der Waals surface area contributed by atoms with E-state index >= 15 is 0 Å². The van der Waals surface area contributed by atoms with Crippen LogP contribution >= 0.6 is 0 Å². The number of carbonyl (C=O) groups excluding carboxylic acids is 1. The van der Waals surface area contributed by atoms with E-state index in [1.807, 2.05) is 13.0 Å². The maximum atomic E-state index is 13.3. The SMILES string of the molecule is COCCCn1c(=N)c(C(=O)NCCN2CCOCC2)cc2c(=O)n3cccc(C)c3nc21. The number of carbonyl (C=O) groups is 1. The molecule has 0 unspecified atom stereocenters. The minimum absolute atomic E-state index is 0.0345. The molecule has 1 fully saturated rings. The second kappa shape index (κ2) is 10.2. The van der Waals surface area contributed by atoms with Crippen LogP contribution < -0.4 is 16.4 Å². The summed E-state index contributed by atoms with van der Waals surface area (Å²) in [6.07, 6.45) is 2.29. The number of morpholine rings is 1. The number of methoxy groups -OCH3 is 1. The van der Waals surface area contributed by atoms with Gasteiger partial charge in [0.15, 0.2) is 0 Å². The molecule has 1 saturated heterocycles. The first-order valence-electron chi connectivity index (χ1n) is 11.2. The van der Waals surface area contributed by atoms with Gasteiger partial charge in [0.2, 0.25) is 0 Å². The monoisotopic (exact) mass is 454 g/mol. The summed E-state index contributed by atoms with van der Waals surface area (Å²) in [5.41, 5.74) is 1.73. The van der Waals surface area contributed by atoms with Crippen molar-refractivity contribution in [3.63, 3.8) is 0 Å². The van der Waals surface area contributed by atoms with Gasteiger partial charge in [-0.15, -0.1) is 0 Å². The van der Waals surface area contributed by atoms with Gasteiger partial charge in [-0.2, -0.15) is 0 Å². The number of hydrogen-bond acceptors (Lipinski definition) is 7. The molecule has 2 N–H and O–H groups in total. The molecule has 0 saturated carbocycles. The third kappa shape index (κ3) is 4.82. The largest absolute Gasteiger partial charge is 0.385 e. The fourth-order valence-electron chi connectivity index (χ4n) is 4.10. The molecule has 0 atom stereocenters. The van der Waals surface area contributed by atoms with E-state index in [0.717, 1.165) is 18.7 Å². The van der Waals surface area contributed by atoms with E-state index in [1.165, 1.54) is 10.5 Å². The van der Waals surface area contributed by atoms with Crippen molar-refractivity contribution in [3.8, 4) is 0 Å². The van der Waals surface area contributed by atoms with Crippen LogP contribution in [-0.4, -0.2) is 77.9 Å². The molecule has 10 nitrogen and oxygen atoms in total. The summed E-state index contributed by atoms with van der Waals surface area (Å²) in [7, 11) is 1.62. The Morgan fingerprint density at radius 2 is 2.06 bits per heavy atom. The number of fused-ring (bicyclic) bond motifs is 2. The Bertz CT molecular complexity index is 1280. The minimum atomic E-state index is -0.371. The second-order valence-corrected chi connectivity index (χ2v) is 8.15. The van der Waals surface area contributed by atoms with E-state index in [0.29, 0.717) is 62.6 Å². The average molecular weight is 455 g/mol. The highest BCUT2D eigenvalue weighted by molar-refractivity contribution is 5.96. The van der Waals surface area contributed by atoms with Crippen molar-refractivity contribution in [1.29, 1.82) is 5.41 Å². The number of nitrogens with one attached hydrogen (secondary N) is 2. The number of amides is 1. The fraction of sp³-hybridized carbons (Fsp3) is 0.478. The Balaban J connectivity index is 1.72. The van der Waals surface area contributed by atoms with Crippen LogP contribution in [0.1, 0.15) is 22.3 Å². The zero-order valence-corrected chi connectivity index (χ0v) is 19.1. The molecule has 0 radical (unpaired) electrons. The molecule has 10 heteroatoms. The Labute approximate surface area is 191 Å². The van der Waals surface area contributed by atoms with Gasteiger partial charge >= 0.3 is 0 Å². The molecular weight excluding hydrogens is 424 g/mol. The first-order valence-corrected chi connectivity index (χ1v) is 11.2. The number of rotatable bonds is 8.